The lowest BCUT2D eigenvalue weighted by atomic mass is 10.1. The van der Waals surface area contributed by atoms with Crippen molar-refractivity contribution in [1.29, 1.82) is 0 Å². The first kappa shape index (κ1) is 12.8. The predicted molar refractivity (Wildman–Crippen MR) is 57.1 cm³/mol. The molecule has 0 aliphatic heterocycles. The summed E-state index contributed by atoms with van der Waals surface area (Å²) in [5.74, 6) is 0.330. The lowest BCUT2D eigenvalue weighted by Crippen LogP contribution is -2.38. The summed E-state index contributed by atoms with van der Waals surface area (Å²) >= 11 is 4.25. The van der Waals surface area contributed by atoms with E-state index in [0.717, 1.165) is 0 Å². The van der Waals surface area contributed by atoms with Crippen molar-refractivity contribution in [2.24, 2.45) is 5.92 Å². The van der Waals surface area contributed by atoms with Gasteiger partial charge in [-0.25, -0.2) is 0 Å². The summed E-state index contributed by atoms with van der Waals surface area (Å²) in [4.78, 5) is 13.2. The van der Waals surface area contributed by atoms with E-state index in [1.54, 1.807) is 19.1 Å². The monoisotopic (exact) mass is 205 g/mol. The van der Waals surface area contributed by atoms with E-state index in [-0.39, 0.29) is 17.1 Å². The maximum Gasteiger partial charge on any atom is 0.235 e. The van der Waals surface area contributed by atoms with Crippen molar-refractivity contribution in [2.45, 2.75) is 19.1 Å². The minimum absolute atomic E-state index is 0.0652. The van der Waals surface area contributed by atoms with Gasteiger partial charge >= 0.3 is 0 Å². The van der Waals surface area contributed by atoms with Crippen LogP contribution < -0.4 is 0 Å². The van der Waals surface area contributed by atoms with E-state index in [2.05, 4.69) is 12.6 Å². The maximum absolute atomic E-state index is 11.6. The zero-order chi connectivity index (χ0) is 10.4. The average Bonchev–Trinajstić information content (AvgIpc) is 2.11. The minimum Gasteiger partial charge on any atom is -0.383 e. The molecular formula is C9H19NO2S. The summed E-state index contributed by atoms with van der Waals surface area (Å²) in [6.45, 7) is 5.17. The molecule has 0 radical (unpaired) electrons. The summed E-state index contributed by atoms with van der Waals surface area (Å²) in [6.07, 6.45) is 0. The van der Waals surface area contributed by atoms with Gasteiger partial charge in [0, 0.05) is 20.7 Å². The molecule has 0 N–H and O–H groups in total. The number of methoxy groups -OCH3 is 1. The molecule has 0 aromatic rings. The minimum atomic E-state index is -0.207. The van der Waals surface area contributed by atoms with Crippen molar-refractivity contribution in [1.82, 2.24) is 4.90 Å². The summed E-state index contributed by atoms with van der Waals surface area (Å²) < 4.78 is 4.88. The fourth-order valence-corrected chi connectivity index (χ4v) is 1.05. The third-order valence-corrected chi connectivity index (χ3v) is 2.71. The van der Waals surface area contributed by atoms with E-state index >= 15 is 0 Å². The van der Waals surface area contributed by atoms with Crippen LogP contribution in [0.3, 0.4) is 0 Å². The Kier molecular flexibility index (Phi) is 6.16. The zero-order valence-electron chi connectivity index (χ0n) is 8.78. The number of amides is 1. The van der Waals surface area contributed by atoms with E-state index in [4.69, 9.17) is 4.74 Å². The van der Waals surface area contributed by atoms with Gasteiger partial charge in [0.05, 0.1) is 11.9 Å². The molecule has 0 aliphatic carbocycles. The van der Waals surface area contributed by atoms with Gasteiger partial charge in [0.25, 0.3) is 0 Å². The van der Waals surface area contributed by atoms with E-state index < -0.39 is 0 Å². The third kappa shape index (κ3) is 4.52. The van der Waals surface area contributed by atoms with Crippen LogP contribution >= 0.6 is 12.6 Å². The quantitative estimate of drug-likeness (QED) is 0.680. The molecule has 1 atom stereocenters. The molecule has 0 bridgehead atoms. The topological polar surface area (TPSA) is 29.5 Å². The first-order chi connectivity index (χ1) is 6.00. The van der Waals surface area contributed by atoms with Crippen LogP contribution in [0.25, 0.3) is 0 Å². The van der Waals surface area contributed by atoms with Crippen LogP contribution in [0.1, 0.15) is 13.8 Å². The van der Waals surface area contributed by atoms with Crippen molar-refractivity contribution in [3.05, 3.63) is 0 Å². The van der Waals surface area contributed by atoms with Gasteiger partial charge in [-0.15, -0.1) is 0 Å². The highest BCUT2D eigenvalue weighted by atomic mass is 32.1. The smallest absolute Gasteiger partial charge is 0.235 e. The number of carbonyl (C=O) groups excluding carboxylic acids is 1. The van der Waals surface area contributed by atoms with Crippen molar-refractivity contribution in [3.63, 3.8) is 0 Å². The van der Waals surface area contributed by atoms with Crippen LogP contribution in [-0.4, -0.2) is 43.4 Å². The standard InChI is InChI=1S/C9H19NO2S/c1-7(2)8(13)9(11)10(3)5-6-12-4/h7-8,13H,5-6H2,1-4H3. The fraction of sp³-hybridized carbons (Fsp3) is 0.889. The van der Waals surface area contributed by atoms with Crippen LogP contribution in [-0.2, 0) is 9.53 Å². The Morgan fingerprint density at radius 2 is 2.08 bits per heavy atom. The van der Waals surface area contributed by atoms with Crippen LogP contribution in [0.5, 0.6) is 0 Å². The lowest BCUT2D eigenvalue weighted by molar-refractivity contribution is -0.130. The summed E-state index contributed by atoms with van der Waals surface area (Å²) in [7, 11) is 3.39. The highest BCUT2D eigenvalue weighted by Crippen LogP contribution is 2.11. The number of likely N-dealkylation sites (N-methyl/N-ethyl adjacent to an activating group) is 1. The lowest BCUT2D eigenvalue weighted by Gasteiger charge is -2.22. The van der Waals surface area contributed by atoms with Gasteiger partial charge in [-0.2, -0.15) is 12.6 Å². The normalized spacial score (nSPS) is 13.1. The first-order valence-electron chi connectivity index (χ1n) is 4.42. The summed E-state index contributed by atoms with van der Waals surface area (Å²) in [5.41, 5.74) is 0. The number of hydrogen-bond acceptors (Lipinski definition) is 3. The molecule has 13 heavy (non-hydrogen) atoms. The van der Waals surface area contributed by atoms with Crippen molar-refractivity contribution in [3.8, 4) is 0 Å². The Hall–Kier alpha value is -0.220. The summed E-state index contributed by atoms with van der Waals surface area (Å²) in [5, 5.41) is -0.207. The van der Waals surface area contributed by atoms with Gasteiger partial charge in [-0.3, -0.25) is 4.79 Å². The zero-order valence-corrected chi connectivity index (χ0v) is 9.67. The molecule has 4 heteroatoms. The highest BCUT2D eigenvalue weighted by molar-refractivity contribution is 7.81. The van der Waals surface area contributed by atoms with Crippen LogP contribution in [0.2, 0.25) is 0 Å². The number of ether oxygens (including phenoxy) is 1. The van der Waals surface area contributed by atoms with Gasteiger partial charge in [0.15, 0.2) is 0 Å². The molecule has 0 aromatic carbocycles. The Labute approximate surface area is 85.8 Å². The highest BCUT2D eigenvalue weighted by Gasteiger charge is 2.20. The second kappa shape index (κ2) is 6.27. The number of nitrogens with zero attached hydrogens (tertiary/aromatic N) is 1. The number of carbonyl (C=O) groups is 1. The predicted octanol–water partition coefficient (Wildman–Crippen LogP) is 1.05. The molecule has 3 nitrogen and oxygen atoms in total. The number of hydrogen-bond donors (Lipinski definition) is 1. The first-order valence-corrected chi connectivity index (χ1v) is 4.94. The Morgan fingerprint density at radius 1 is 1.54 bits per heavy atom. The molecular weight excluding hydrogens is 186 g/mol. The van der Waals surface area contributed by atoms with Gasteiger partial charge in [0.2, 0.25) is 5.91 Å². The van der Waals surface area contributed by atoms with E-state index in [9.17, 15) is 4.79 Å². The van der Waals surface area contributed by atoms with Gasteiger partial charge in [-0.05, 0) is 5.92 Å². The molecule has 0 saturated carbocycles. The number of thiol groups is 1. The molecule has 1 unspecified atom stereocenters. The SMILES string of the molecule is COCCN(C)C(=O)C(S)C(C)C. The number of rotatable bonds is 5. The third-order valence-electron chi connectivity index (χ3n) is 1.89. The molecule has 0 rings (SSSR count). The summed E-state index contributed by atoms with van der Waals surface area (Å²) in [6, 6.07) is 0. The van der Waals surface area contributed by atoms with E-state index in [1.165, 1.54) is 0 Å². The Bertz CT molecular complexity index is 162. The van der Waals surface area contributed by atoms with Gasteiger partial charge < -0.3 is 9.64 Å². The fourth-order valence-electron chi connectivity index (χ4n) is 0.849. The average molecular weight is 205 g/mol. The van der Waals surface area contributed by atoms with E-state index in [0.29, 0.717) is 13.2 Å². The molecule has 0 heterocycles. The largest absolute Gasteiger partial charge is 0.383 e. The molecule has 0 aromatic heterocycles. The second-order valence-electron chi connectivity index (χ2n) is 3.44. The molecule has 78 valence electrons. The second-order valence-corrected chi connectivity index (χ2v) is 4.00. The Balaban J connectivity index is 3.94. The molecule has 1 amide bonds. The van der Waals surface area contributed by atoms with Crippen LogP contribution in [0.4, 0.5) is 0 Å². The maximum atomic E-state index is 11.6. The van der Waals surface area contributed by atoms with Crippen LogP contribution in [0.15, 0.2) is 0 Å². The Morgan fingerprint density at radius 3 is 2.46 bits per heavy atom. The van der Waals surface area contributed by atoms with E-state index in [1.807, 2.05) is 13.8 Å². The van der Waals surface area contributed by atoms with Crippen molar-refractivity contribution < 1.29 is 9.53 Å². The molecule has 0 spiro atoms. The molecule has 0 fully saturated rings. The van der Waals surface area contributed by atoms with Crippen molar-refractivity contribution in [2.75, 3.05) is 27.3 Å². The van der Waals surface area contributed by atoms with Crippen molar-refractivity contribution >= 4 is 18.5 Å². The molecule has 0 aliphatic rings. The van der Waals surface area contributed by atoms with Crippen LogP contribution in [0, 0.1) is 5.92 Å². The molecule has 0 saturated heterocycles. The van der Waals surface area contributed by atoms with Gasteiger partial charge in [0.1, 0.15) is 0 Å². The van der Waals surface area contributed by atoms with Gasteiger partial charge in [-0.1, -0.05) is 13.8 Å².